The van der Waals surface area contributed by atoms with Crippen molar-refractivity contribution in [3.05, 3.63) is 74.1 Å². The monoisotopic (exact) mass is 667 g/mol. The Labute approximate surface area is 264 Å². The zero-order valence-corrected chi connectivity index (χ0v) is 26.1. The average Bonchev–Trinajstić information content (AvgIpc) is 3.59. The van der Waals surface area contributed by atoms with E-state index in [2.05, 4.69) is 15.2 Å². The Kier molecular flexibility index (Phi) is 8.83. The van der Waals surface area contributed by atoms with E-state index >= 15 is 0 Å². The highest BCUT2D eigenvalue weighted by Crippen LogP contribution is 2.41. The summed E-state index contributed by atoms with van der Waals surface area (Å²) in [6, 6.07) is 6.36. The topological polar surface area (TPSA) is 90.6 Å². The predicted molar refractivity (Wildman–Crippen MR) is 160 cm³/mol. The van der Waals surface area contributed by atoms with Crippen LogP contribution in [-0.2, 0) is 23.5 Å². The number of piperidine rings is 1. The standard InChI is InChI=1S/C31H31F6N5O3S/c1-29(2,3)45-28(44)42-11-9-21(10-12-42)41(4)27-39-26(43)25(46-27)22(17-6-8-24-19(13-17)16-38-40-24)14-18-5-7-20(30(32,33)34)15-23(18)31(35,36)37/h5-8,13,15-16,21,43H,9-12,14H2,1-4H3. The first-order valence-electron chi connectivity index (χ1n) is 14.3. The van der Waals surface area contributed by atoms with Gasteiger partial charge in [-0.3, -0.25) is 0 Å². The number of alkyl halides is 6. The number of fused-ring (bicyclic) bond motifs is 1. The van der Waals surface area contributed by atoms with Crippen molar-refractivity contribution in [3.63, 3.8) is 0 Å². The van der Waals surface area contributed by atoms with Crippen molar-refractivity contribution < 1.29 is 41.0 Å². The molecule has 0 aliphatic carbocycles. The number of ether oxygens (including phenoxy) is 1. The first-order valence-corrected chi connectivity index (χ1v) is 15.1. The van der Waals surface area contributed by atoms with Crippen LogP contribution in [0.25, 0.3) is 5.57 Å². The number of carbonyl (C=O) groups excluding carboxylic acids is 1. The molecule has 5 rings (SSSR count). The molecule has 1 N–H and O–H groups in total. The van der Waals surface area contributed by atoms with Gasteiger partial charge in [-0.1, -0.05) is 23.5 Å². The summed E-state index contributed by atoms with van der Waals surface area (Å²) in [5, 5.41) is 20.2. The fourth-order valence-electron chi connectivity index (χ4n) is 5.33. The molecule has 1 saturated heterocycles. The molecule has 2 aliphatic heterocycles. The lowest BCUT2D eigenvalue weighted by atomic mass is 9.94. The molecule has 1 amide bonds. The predicted octanol–water partition coefficient (Wildman–Crippen LogP) is 6.13. The minimum Gasteiger partial charge on any atom is -0.492 e. The van der Waals surface area contributed by atoms with E-state index in [1.54, 1.807) is 50.9 Å². The molecule has 246 valence electrons. The van der Waals surface area contributed by atoms with Crippen LogP contribution in [-0.4, -0.2) is 59.1 Å². The molecule has 3 aromatic rings. The number of hydrogen-bond donors (Lipinski definition) is 1. The summed E-state index contributed by atoms with van der Waals surface area (Å²) in [5.74, 6) is -0.424. The van der Waals surface area contributed by atoms with E-state index in [1.807, 2.05) is 4.90 Å². The summed E-state index contributed by atoms with van der Waals surface area (Å²) in [5.41, 5.74) is -3.03. The highest BCUT2D eigenvalue weighted by molar-refractivity contribution is 7.17. The van der Waals surface area contributed by atoms with Crippen molar-refractivity contribution in [1.29, 1.82) is 0 Å². The molecule has 1 fully saturated rings. The number of rotatable bonds is 5. The van der Waals surface area contributed by atoms with Crippen molar-refractivity contribution in [1.82, 2.24) is 9.88 Å². The fourth-order valence-corrected chi connectivity index (χ4v) is 6.39. The lowest BCUT2D eigenvalue weighted by Crippen LogP contribution is -2.47. The number of anilines is 1. The van der Waals surface area contributed by atoms with Gasteiger partial charge in [-0.05, 0) is 74.2 Å². The summed E-state index contributed by atoms with van der Waals surface area (Å²) in [4.78, 5) is 20.5. The minimum absolute atomic E-state index is 0.0647. The number of benzene rings is 2. The first-order chi connectivity index (χ1) is 21.4. The van der Waals surface area contributed by atoms with Gasteiger partial charge in [0.2, 0.25) is 5.88 Å². The number of carbonyl (C=O) groups is 1. The molecule has 0 bridgehead atoms. The number of hydrogen-bond acceptors (Lipinski definition) is 8. The Balaban J connectivity index is 1.50. The number of aromatic hydroxyl groups is 1. The third kappa shape index (κ3) is 7.29. The fraction of sp³-hybridized carbons (Fsp3) is 0.419. The number of halogens is 6. The third-order valence-electron chi connectivity index (χ3n) is 7.69. The Morgan fingerprint density at radius 1 is 1.04 bits per heavy atom. The van der Waals surface area contributed by atoms with Crippen LogP contribution in [0.1, 0.15) is 60.7 Å². The van der Waals surface area contributed by atoms with Gasteiger partial charge in [-0.25, -0.2) is 4.79 Å². The number of thiazole rings is 1. The van der Waals surface area contributed by atoms with Crippen LogP contribution in [0.2, 0.25) is 0 Å². The molecule has 0 saturated carbocycles. The number of likely N-dealkylation sites (tertiary alicyclic amines) is 1. The Bertz CT molecular complexity index is 1790. The highest BCUT2D eigenvalue weighted by atomic mass is 32.1. The first kappa shape index (κ1) is 33.2. The lowest BCUT2D eigenvalue weighted by molar-refractivity contribution is -0.143. The summed E-state index contributed by atoms with van der Waals surface area (Å²) >= 11 is 1.06. The molecule has 2 aromatic carbocycles. The van der Waals surface area contributed by atoms with E-state index in [9.17, 15) is 36.2 Å². The van der Waals surface area contributed by atoms with Crippen LogP contribution < -0.4 is 15.5 Å². The second-order valence-electron chi connectivity index (χ2n) is 12.1. The summed E-state index contributed by atoms with van der Waals surface area (Å²) in [6.45, 7) is 6.23. The van der Waals surface area contributed by atoms with Gasteiger partial charge >= 0.3 is 18.4 Å². The van der Waals surface area contributed by atoms with E-state index < -0.39 is 53.0 Å². The molecule has 8 nitrogen and oxygen atoms in total. The number of aromatic nitrogens is 1. The molecule has 0 atom stereocenters. The molecule has 2 aliphatic rings. The van der Waals surface area contributed by atoms with Crippen LogP contribution in [0.3, 0.4) is 0 Å². The highest BCUT2D eigenvalue weighted by Gasteiger charge is 2.38. The molecule has 0 unspecified atom stereocenters. The molecule has 1 aromatic heterocycles. The SMILES string of the molecule is CN(c1nc(O)c(C(Cc2ccc(C(F)(F)F)cc2C(F)(F)F)=c2ccc3c(c2)C=NN=3)s1)C1CCN(C(=O)OC(C)(C)C)CC1. The molecule has 46 heavy (non-hydrogen) atoms. The van der Waals surface area contributed by atoms with E-state index in [4.69, 9.17) is 4.74 Å². The van der Waals surface area contributed by atoms with Crippen LogP contribution in [0.15, 0.2) is 46.6 Å². The average molecular weight is 668 g/mol. The van der Waals surface area contributed by atoms with Crippen molar-refractivity contribution in [3.8, 4) is 5.88 Å². The maximum absolute atomic E-state index is 14.1. The second-order valence-corrected chi connectivity index (χ2v) is 13.1. The summed E-state index contributed by atoms with van der Waals surface area (Å²) in [6.07, 6.45) is -8.26. The largest absolute Gasteiger partial charge is 0.492 e. The van der Waals surface area contributed by atoms with Crippen LogP contribution in [0, 0.1) is 0 Å². The minimum atomic E-state index is -5.07. The molecule has 0 radical (unpaired) electrons. The van der Waals surface area contributed by atoms with Gasteiger partial charge in [0.25, 0.3) is 0 Å². The van der Waals surface area contributed by atoms with Crippen molar-refractivity contribution in [2.24, 2.45) is 10.2 Å². The van der Waals surface area contributed by atoms with E-state index in [0.29, 0.717) is 53.3 Å². The van der Waals surface area contributed by atoms with Gasteiger partial charge in [-0.2, -0.15) is 41.5 Å². The second kappa shape index (κ2) is 12.2. The summed E-state index contributed by atoms with van der Waals surface area (Å²) < 4.78 is 87.8. The van der Waals surface area contributed by atoms with Crippen LogP contribution in [0.5, 0.6) is 5.88 Å². The lowest BCUT2D eigenvalue weighted by Gasteiger charge is -2.37. The Morgan fingerprint density at radius 2 is 1.74 bits per heavy atom. The quantitative estimate of drug-likeness (QED) is 0.331. The molecule has 0 spiro atoms. The zero-order chi connectivity index (χ0) is 33.6. The molecule has 3 heterocycles. The van der Waals surface area contributed by atoms with Gasteiger partial charge in [0.1, 0.15) is 5.60 Å². The van der Waals surface area contributed by atoms with Crippen molar-refractivity contribution >= 4 is 34.3 Å². The van der Waals surface area contributed by atoms with Gasteiger partial charge in [-0.15, -0.1) is 0 Å². The van der Waals surface area contributed by atoms with Crippen molar-refractivity contribution in [2.75, 3.05) is 25.0 Å². The van der Waals surface area contributed by atoms with Crippen LogP contribution in [0.4, 0.5) is 36.3 Å². The Morgan fingerprint density at radius 3 is 2.37 bits per heavy atom. The van der Waals surface area contributed by atoms with Crippen LogP contribution >= 0.6 is 11.3 Å². The Hall–Kier alpha value is -4.14. The maximum Gasteiger partial charge on any atom is 0.416 e. The van der Waals surface area contributed by atoms with E-state index in [1.165, 1.54) is 6.21 Å². The number of nitrogens with zero attached hydrogens (tertiary/aromatic N) is 5. The van der Waals surface area contributed by atoms with Gasteiger partial charge in [0.05, 0.1) is 27.6 Å². The maximum atomic E-state index is 14.1. The molecule has 15 heteroatoms. The van der Waals surface area contributed by atoms with Gasteiger partial charge in [0.15, 0.2) is 5.13 Å². The number of amides is 1. The summed E-state index contributed by atoms with van der Waals surface area (Å²) in [7, 11) is 1.78. The molecular weight excluding hydrogens is 636 g/mol. The van der Waals surface area contributed by atoms with E-state index in [-0.39, 0.29) is 22.6 Å². The van der Waals surface area contributed by atoms with Gasteiger partial charge < -0.3 is 19.6 Å². The molecular formula is C31H31F6N5O3S. The van der Waals surface area contributed by atoms with Gasteiger partial charge in [0, 0.05) is 38.2 Å². The van der Waals surface area contributed by atoms with E-state index in [0.717, 1.165) is 17.4 Å². The smallest absolute Gasteiger partial charge is 0.416 e. The third-order valence-corrected chi connectivity index (χ3v) is 8.88. The van der Waals surface area contributed by atoms with Crippen molar-refractivity contribution in [2.45, 2.75) is 64.0 Å². The zero-order valence-electron chi connectivity index (χ0n) is 25.3. The normalized spacial score (nSPS) is 16.3.